The fourth-order valence-electron chi connectivity index (χ4n) is 3.17. The Morgan fingerprint density at radius 1 is 1.20 bits per heavy atom. The van der Waals surface area contributed by atoms with Crippen LogP contribution >= 0.6 is 11.3 Å². The number of fused-ring (bicyclic) bond motifs is 1. The van der Waals surface area contributed by atoms with Gasteiger partial charge in [0.2, 0.25) is 10.0 Å². The van der Waals surface area contributed by atoms with E-state index < -0.39 is 10.0 Å². The molecule has 5 nitrogen and oxygen atoms in total. The van der Waals surface area contributed by atoms with Crippen molar-refractivity contribution in [1.29, 1.82) is 5.26 Å². The van der Waals surface area contributed by atoms with Crippen molar-refractivity contribution in [3.63, 3.8) is 0 Å². The lowest BCUT2D eigenvalue weighted by atomic mass is 10.2. The highest BCUT2D eigenvalue weighted by molar-refractivity contribution is 7.89. The molecule has 1 aliphatic heterocycles. The van der Waals surface area contributed by atoms with Crippen LogP contribution in [0.3, 0.4) is 0 Å². The van der Waals surface area contributed by atoms with Crippen LogP contribution in [0.2, 0.25) is 0 Å². The largest absolute Gasteiger partial charge is 0.243 e. The predicted octanol–water partition coefficient (Wildman–Crippen LogP) is 3.69. The van der Waals surface area contributed by atoms with Gasteiger partial charge in [-0.1, -0.05) is 18.2 Å². The van der Waals surface area contributed by atoms with E-state index in [0.717, 1.165) is 28.1 Å². The van der Waals surface area contributed by atoms with Gasteiger partial charge < -0.3 is 0 Å². The van der Waals surface area contributed by atoms with Crippen molar-refractivity contribution in [3.05, 3.63) is 59.1 Å². The molecule has 3 aromatic rings. The van der Waals surface area contributed by atoms with Crippen LogP contribution in [0.25, 0.3) is 10.2 Å². The summed E-state index contributed by atoms with van der Waals surface area (Å²) in [7, 11) is -3.66. The van der Waals surface area contributed by atoms with Crippen LogP contribution in [0, 0.1) is 11.3 Å². The molecule has 0 amide bonds. The number of benzene rings is 2. The van der Waals surface area contributed by atoms with Gasteiger partial charge in [0.05, 0.1) is 32.8 Å². The molecule has 2 aromatic carbocycles. The molecule has 1 fully saturated rings. The Morgan fingerprint density at radius 3 is 2.84 bits per heavy atom. The van der Waals surface area contributed by atoms with Crippen LogP contribution in [-0.2, 0) is 10.0 Å². The van der Waals surface area contributed by atoms with E-state index in [1.165, 1.54) is 10.4 Å². The van der Waals surface area contributed by atoms with E-state index in [2.05, 4.69) is 4.98 Å². The topological polar surface area (TPSA) is 74.1 Å². The SMILES string of the molecule is N#Cc1cccc(S(=O)(=O)N2CCCC2c2nc3ccccc3s2)c1. The van der Waals surface area contributed by atoms with E-state index in [9.17, 15) is 8.42 Å². The highest BCUT2D eigenvalue weighted by atomic mass is 32.2. The zero-order valence-corrected chi connectivity index (χ0v) is 14.9. The summed E-state index contributed by atoms with van der Waals surface area (Å²) in [6.07, 6.45) is 1.56. The van der Waals surface area contributed by atoms with Gasteiger partial charge in [0.1, 0.15) is 5.01 Å². The molecule has 1 saturated heterocycles. The summed E-state index contributed by atoms with van der Waals surface area (Å²) in [5.41, 5.74) is 1.25. The third kappa shape index (κ3) is 2.82. The third-order valence-corrected chi connectivity index (χ3v) is 7.41. The highest BCUT2D eigenvalue weighted by Crippen LogP contribution is 2.39. The molecule has 126 valence electrons. The van der Waals surface area contributed by atoms with Gasteiger partial charge in [0.15, 0.2) is 0 Å². The monoisotopic (exact) mass is 369 g/mol. The van der Waals surface area contributed by atoms with Gasteiger partial charge in [0, 0.05) is 6.54 Å². The quantitative estimate of drug-likeness (QED) is 0.706. The molecule has 0 spiro atoms. The molecular formula is C18H15N3O2S2. The first-order valence-corrected chi connectivity index (χ1v) is 10.2. The summed E-state index contributed by atoms with van der Waals surface area (Å²) in [5, 5.41) is 9.87. The Kier molecular flexibility index (Phi) is 4.04. The van der Waals surface area contributed by atoms with E-state index in [1.807, 2.05) is 30.3 Å². The Morgan fingerprint density at radius 2 is 2.04 bits per heavy atom. The molecule has 1 aliphatic rings. The summed E-state index contributed by atoms with van der Waals surface area (Å²) in [6, 6.07) is 15.8. The van der Waals surface area contributed by atoms with Crippen LogP contribution in [0.4, 0.5) is 0 Å². The Labute approximate surface area is 150 Å². The van der Waals surface area contributed by atoms with Gasteiger partial charge in [0.25, 0.3) is 0 Å². The Hall–Kier alpha value is -2.27. The molecule has 4 rings (SSSR count). The summed E-state index contributed by atoms with van der Waals surface area (Å²) >= 11 is 1.55. The predicted molar refractivity (Wildman–Crippen MR) is 96.6 cm³/mol. The van der Waals surface area contributed by atoms with Crippen molar-refractivity contribution in [2.45, 2.75) is 23.8 Å². The van der Waals surface area contributed by atoms with Crippen molar-refractivity contribution in [2.75, 3.05) is 6.54 Å². The zero-order valence-electron chi connectivity index (χ0n) is 13.3. The minimum atomic E-state index is -3.66. The van der Waals surface area contributed by atoms with E-state index in [4.69, 9.17) is 5.26 Å². The molecule has 7 heteroatoms. The molecule has 1 unspecified atom stereocenters. The van der Waals surface area contributed by atoms with E-state index in [1.54, 1.807) is 29.5 Å². The van der Waals surface area contributed by atoms with Crippen molar-refractivity contribution in [3.8, 4) is 6.07 Å². The number of para-hydroxylation sites is 1. The number of nitrogens with zero attached hydrogens (tertiary/aromatic N) is 3. The van der Waals surface area contributed by atoms with Crippen molar-refractivity contribution in [2.24, 2.45) is 0 Å². The minimum absolute atomic E-state index is 0.166. The normalized spacial score (nSPS) is 18.4. The lowest BCUT2D eigenvalue weighted by molar-refractivity contribution is 0.396. The Bertz CT molecular complexity index is 1050. The fraction of sp³-hybridized carbons (Fsp3) is 0.222. The number of nitriles is 1. The second kappa shape index (κ2) is 6.23. The maximum absolute atomic E-state index is 13.1. The summed E-state index contributed by atoms with van der Waals surface area (Å²) < 4.78 is 28.8. The van der Waals surface area contributed by atoms with E-state index in [-0.39, 0.29) is 10.9 Å². The molecule has 0 bridgehead atoms. The average molecular weight is 369 g/mol. The van der Waals surface area contributed by atoms with Crippen LogP contribution < -0.4 is 0 Å². The molecule has 0 radical (unpaired) electrons. The van der Waals surface area contributed by atoms with Gasteiger partial charge in [-0.25, -0.2) is 13.4 Å². The van der Waals surface area contributed by atoms with Crippen molar-refractivity contribution >= 4 is 31.6 Å². The molecule has 1 aromatic heterocycles. The summed E-state index contributed by atoms with van der Waals surface area (Å²) in [6.45, 7) is 0.472. The van der Waals surface area contributed by atoms with E-state index >= 15 is 0 Å². The first kappa shape index (κ1) is 16.2. The number of sulfonamides is 1. The molecule has 1 atom stereocenters. The molecule has 0 N–H and O–H groups in total. The van der Waals surface area contributed by atoms with Crippen LogP contribution in [0.1, 0.15) is 29.5 Å². The van der Waals surface area contributed by atoms with Gasteiger partial charge in [-0.15, -0.1) is 11.3 Å². The minimum Gasteiger partial charge on any atom is -0.239 e. The standard InChI is InChI=1S/C18H15N3O2S2/c19-12-13-5-3-6-14(11-13)25(22,23)21-10-4-8-16(21)18-20-15-7-1-2-9-17(15)24-18/h1-3,5-7,9,11,16H,4,8,10H2. The van der Waals surface area contributed by atoms with Crippen LogP contribution in [0.15, 0.2) is 53.4 Å². The summed E-state index contributed by atoms with van der Waals surface area (Å²) in [5.74, 6) is 0. The molecule has 0 aliphatic carbocycles. The first-order chi connectivity index (χ1) is 12.1. The molecule has 25 heavy (non-hydrogen) atoms. The number of hydrogen-bond donors (Lipinski definition) is 0. The molecule has 2 heterocycles. The third-order valence-electron chi connectivity index (χ3n) is 4.37. The van der Waals surface area contributed by atoms with Crippen molar-refractivity contribution < 1.29 is 8.42 Å². The Balaban J connectivity index is 1.74. The molecular weight excluding hydrogens is 354 g/mol. The highest BCUT2D eigenvalue weighted by Gasteiger charge is 2.37. The smallest absolute Gasteiger partial charge is 0.239 e. The van der Waals surface area contributed by atoms with Crippen molar-refractivity contribution in [1.82, 2.24) is 9.29 Å². The van der Waals surface area contributed by atoms with Gasteiger partial charge in [-0.3, -0.25) is 0 Å². The summed E-state index contributed by atoms with van der Waals surface area (Å²) in [4.78, 5) is 4.81. The first-order valence-electron chi connectivity index (χ1n) is 7.97. The lowest BCUT2D eigenvalue weighted by Gasteiger charge is -2.22. The van der Waals surface area contributed by atoms with Gasteiger partial charge in [-0.05, 0) is 43.2 Å². The lowest BCUT2D eigenvalue weighted by Crippen LogP contribution is -2.30. The van der Waals surface area contributed by atoms with Gasteiger partial charge >= 0.3 is 0 Å². The molecule has 0 saturated carbocycles. The average Bonchev–Trinajstić information content (AvgIpc) is 3.28. The zero-order chi connectivity index (χ0) is 17.4. The van der Waals surface area contributed by atoms with Crippen LogP contribution in [-0.4, -0.2) is 24.3 Å². The number of rotatable bonds is 3. The second-order valence-corrected chi connectivity index (χ2v) is 8.89. The maximum atomic E-state index is 13.1. The fourth-order valence-corrected chi connectivity index (χ4v) is 6.06. The van der Waals surface area contributed by atoms with Gasteiger partial charge in [-0.2, -0.15) is 9.57 Å². The number of thiazole rings is 1. The number of aromatic nitrogens is 1. The van der Waals surface area contributed by atoms with Crippen LogP contribution in [0.5, 0.6) is 0 Å². The second-order valence-electron chi connectivity index (χ2n) is 5.93. The number of hydrogen-bond acceptors (Lipinski definition) is 5. The van der Waals surface area contributed by atoms with E-state index in [0.29, 0.717) is 12.1 Å². The maximum Gasteiger partial charge on any atom is 0.243 e.